The molecule has 0 radical (unpaired) electrons. The summed E-state index contributed by atoms with van der Waals surface area (Å²) < 4.78 is 26.2. The van der Waals surface area contributed by atoms with Gasteiger partial charge >= 0.3 is 0 Å². The molecule has 0 saturated carbocycles. The lowest BCUT2D eigenvalue weighted by molar-refractivity contribution is 0.591. The van der Waals surface area contributed by atoms with Gasteiger partial charge in [-0.05, 0) is 12.0 Å². The third-order valence-electron chi connectivity index (χ3n) is 1.54. The molecule has 0 aliphatic heterocycles. The van der Waals surface area contributed by atoms with Crippen LogP contribution in [0.25, 0.3) is 10.2 Å². The molecule has 64 valence electrons. The Morgan fingerprint density at radius 1 is 1.38 bits per heavy atom. The van der Waals surface area contributed by atoms with Crippen LogP contribution in [0.3, 0.4) is 0 Å². The van der Waals surface area contributed by atoms with Crippen molar-refractivity contribution in [1.29, 1.82) is 0 Å². The van der Waals surface area contributed by atoms with Gasteiger partial charge in [0.25, 0.3) is 0 Å². The molecule has 0 fully saturated rings. The quantitative estimate of drug-likeness (QED) is 0.589. The van der Waals surface area contributed by atoms with Gasteiger partial charge in [0.1, 0.15) is 11.3 Å². The van der Waals surface area contributed by atoms with Crippen LogP contribution in [-0.4, -0.2) is 4.98 Å². The van der Waals surface area contributed by atoms with Crippen molar-refractivity contribution < 1.29 is 8.78 Å². The molecule has 0 aliphatic rings. The van der Waals surface area contributed by atoms with Crippen molar-refractivity contribution in [3.8, 4) is 12.3 Å². The number of hydrogen-bond acceptors (Lipinski definition) is 2. The lowest BCUT2D eigenvalue weighted by Gasteiger charge is -1.89. The van der Waals surface area contributed by atoms with Gasteiger partial charge in [-0.3, -0.25) is 0 Å². The van der Waals surface area contributed by atoms with E-state index in [1.807, 2.05) is 0 Å². The second-order valence-electron chi connectivity index (χ2n) is 2.40. The summed E-state index contributed by atoms with van der Waals surface area (Å²) in [6.07, 6.45) is 5.08. The minimum atomic E-state index is -0.673. The smallest absolute Gasteiger partial charge is 0.167 e. The molecule has 0 bridgehead atoms. The van der Waals surface area contributed by atoms with Gasteiger partial charge in [0.05, 0.1) is 4.70 Å². The van der Waals surface area contributed by atoms with Gasteiger partial charge in [0, 0.05) is 6.07 Å². The SMILES string of the molecule is C#Cc1nc2c(F)cc(F)cc2s1. The van der Waals surface area contributed by atoms with E-state index in [0.717, 1.165) is 17.4 Å². The fourth-order valence-corrected chi connectivity index (χ4v) is 1.83. The number of halogens is 2. The molecule has 4 heteroatoms. The highest BCUT2D eigenvalue weighted by Crippen LogP contribution is 2.24. The topological polar surface area (TPSA) is 12.9 Å². The maximum absolute atomic E-state index is 13.0. The number of benzene rings is 1. The summed E-state index contributed by atoms with van der Waals surface area (Å²) >= 11 is 1.10. The summed E-state index contributed by atoms with van der Waals surface area (Å²) in [5.74, 6) is 0.994. The minimum Gasteiger partial charge on any atom is -0.224 e. The first-order valence-electron chi connectivity index (χ1n) is 3.43. The Morgan fingerprint density at radius 3 is 2.85 bits per heavy atom. The van der Waals surface area contributed by atoms with Crippen LogP contribution in [0, 0.1) is 24.0 Å². The van der Waals surface area contributed by atoms with Crippen LogP contribution in [0.1, 0.15) is 5.01 Å². The van der Waals surface area contributed by atoms with Crippen LogP contribution < -0.4 is 0 Å². The molecule has 0 atom stereocenters. The predicted molar refractivity (Wildman–Crippen MR) is 47.5 cm³/mol. The van der Waals surface area contributed by atoms with Crippen LogP contribution in [0.15, 0.2) is 12.1 Å². The van der Waals surface area contributed by atoms with Crippen molar-refractivity contribution in [2.75, 3.05) is 0 Å². The van der Waals surface area contributed by atoms with E-state index in [2.05, 4.69) is 10.9 Å². The maximum atomic E-state index is 13.0. The number of rotatable bonds is 0. The molecule has 2 rings (SSSR count). The summed E-state index contributed by atoms with van der Waals surface area (Å²) in [4.78, 5) is 3.81. The molecule has 13 heavy (non-hydrogen) atoms. The van der Waals surface area contributed by atoms with E-state index in [9.17, 15) is 8.78 Å². The second-order valence-corrected chi connectivity index (χ2v) is 3.43. The first kappa shape index (κ1) is 8.14. The number of hydrogen-bond donors (Lipinski definition) is 0. The van der Waals surface area contributed by atoms with Gasteiger partial charge in [0.15, 0.2) is 10.8 Å². The fraction of sp³-hybridized carbons (Fsp3) is 0. The van der Waals surface area contributed by atoms with E-state index in [0.29, 0.717) is 9.71 Å². The van der Waals surface area contributed by atoms with Gasteiger partial charge < -0.3 is 0 Å². The summed E-state index contributed by atoms with van der Waals surface area (Å²) in [5.41, 5.74) is 0.138. The van der Waals surface area contributed by atoms with Crippen LogP contribution in [0.5, 0.6) is 0 Å². The van der Waals surface area contributed by atoms with Crippen molar-refractivity contribution in [3.05, 3.63) is 28.8 Å². The number of fused-ring (bicyclic) bond motifs is 1. The average molecular weight is 195 g/mol. The fourth-order valence-electron chi connectivity index (χ4n) is 1.02. The number of terminal acetylenes is 1. The monoisotopic (exact) mass is 195 g/mol. The molecule has 0 aliphatic carbocycles. The number of aromatic nitrogens is 1. The zero-order valence-electron chi connectivity index (χ0n) is 6.34. The van der Waals surface area contributed by atoms with Crippen molar-refractivity contribution in [3.63, 3.8) is 0 Å². The van der Waals surface area contributed by atoms with E-state index in [-0.39, 0.29) is 5.52 Å². The largest absolute Gasteiger partial charge is 0.224 e. The standard InChI is InChI=1S/C9H3F2NS/c1-2-8-12-9-6(11)3-5(10)4-7(9)13-8/h1,3-4H. The van der Waals surface area contributed by atoms with Crippen molar-refractivity contribution >= 4 is 21.6 Å². The summed E-state index contributed by atoms with van der Waals surface area (Å²) in [5, 5.41) is 0.361. The molecule has 1 aromatic heterocycles. The van der Waals surface area contributed by atoms with Crippen LogP contribution >= 0.6 is 11.3 Å². The Bertz CT molecular complexity index is 510. The van der Waals surface area contributed by atoms with E-state index in [4.69, 9.17) is 6.42 Å². The molecule has 1 aromatic carbocycles. The zero-order chi connectivity index (χ0) is 9.42. The van der Waals surface area contributed by atoms with Gasteiger partial charge in [-0.1, -0.05) is 0 Å². The molecule has 1 heterocycles. The minimum absolute atomic E-state index is 0.138. The highest BCUT2D eigenvalue weighted by atomic mass is 32.1. The second kappa shape index (κ2) is 2.79. The predicted octanol–water partition coefficient (Wildman–Crippen LogP) is 2.56. The molecule has 0 saturated heterocycles. The molecule has 0 amide bonds. The molecule has 2 aromatic rings. The Labute approximate surface area is 77.0 Å². The Balaban J connectivity index is 2.84. The van der Waals surface area contributed by atoms with E-state index in [1.165, 1.54) is 6.07 Å². The van der Waals surface area contributed by atoms with Gasteiger partial charge in [0.2, 0.25) is 0 Å². The number of thiazole rings is 1. The van der Waals surface area contributed by atoms with Crippen LogP contribution in [0.4, 0.5) is 8.78 Å². The van der Waals surface area contributed by atoms with Crippen molar-refractivity contribution in [2.45, 2.75) is 0 Å². The maximum Gasteiger partial charge on any atom is 0.167 e. The Hall–Kier alpha value is -1.47. The molecule has 1 nitrogen and oxygen atoms in total. The highest BCUT2D eigenvalue weighted by Gasteiger charge is 2.08. The van der Waals surface area contributed by atoms with Gasteiger partial charge in [-0.2, -0.15) is 0 Å². The van der Waals surface area contributed by atoms with E-state index < -0.39 is 11.6 Å². The van der Waals surface area contributed by atoms with Crippen molar-refractivity contribution in [1.82, 2.24) is 4.98 Å². The van der Waals surface area contributed by atoms with E-state index >= 15 is 0 Å². The van der Waals surface area contributed by atoms with Crippen LogP contribution in [0.2, 0.25) is 0 Å². The Morgan fingerprint density at radius 2 is 2.15 bits per heavy atom. The third kappa shape index (κ3) is 1.27. The molecule has 0 spiro atoms. The summed E-state index contributed by atoms with van der Waals surface area (Å²) in [7, 11) is 0. The third-order valence-corrected chi connectivity index (χ3v) is 2.47. The first-order valence-corrected chi connectivity index (χ1v) is 4.24. The first-order chi connectivity index (χ1) is 6.20. The average Bonchev–Trinajstić information content (AvgIpc) is 2.47. The summed E-state index contributed by atoms with van der Waals surface area (Å²) in [6, 6.07) is 2.01. The lowest BCUT2D eigenvalue weighted by atomic mass is 10.3. The molecule has 0 unspecified atom stereocenters. The molecule has 0 N–H and O–H groups in total. The lowest BCUT2D eigenvalue weighted by Crippen LogP contribution is -1.80. The van der Waals surface area contributed by atoms with Crippen molar-refractivity contribution in [2.24, 2.45) is 0 Å². The molecular formula is C9H3F2NS. The van der Waals surface area contributed by atoms with Gasteiger partial charge in [-0.15, -0.1) is 17.8 Å². The summed E-state index contributed by atoms with van der Waals surface area (Å²) in [6.45, 7) is 0. The normalized spacial score (nSPS) is 10.2. The molecular weight excluding hydrogens is 192 g/mol. The Kier molecular flexibility index (Phi) is 1.74. The number of nitrogens with zero attached hydrogens (tertiary/aromatic N) is 1. The van der Waals surface area contributed by atoms with E-state index in [1.54, 1.807) is 0 Å². The zero-order valence-corrected chi connectivity index (χ0v) is 7.16. The van der Waals surface area contributed by atoms with Gasteiger partial charge in [-0.25, -0.2) is 13.8 Å². The highest BCUT2D eigenvalue weighted by molar-refractivity contribution is 7.19. The van der Waals surface area contributed by atoms with Crippen LogP contribution in [-0.2, 0) is 0 Å².